The summed E-state index contributed by atoms with van der Waals surface area (Å²) in [5, 5.41) is 0.707. The lowest BCUT2D eigenvalue weighted by atomic mass is 10.3. The molecule has 0 unspecified atom stereocenters. The van der Waals surface area contributed by atoms with Gasteiger partial charge in [0, 0.05) is 24.7 Å². The Balaban J connectivity index is 2.27. The van der Waals surface area contributed by atoms with Crippen LogP contribution < -0.4 is 4.74 Å². The van der Waals surface area contributed by atoms with E-state index in [4.69, 9.17) is 25.8 Å². The molecule has 0 saturated carbocycles. The molecule has 0 aliphatic carbocycles. The zero-order chi connectivity index (χ0) is 12.5. The van der Waals surface area contributed by atoms with Crippen LogP contribution in [0, 0.1) is 0 Å². The average molecular weight is 259 g/mol. The first-order chi connectivity index (χ1) is 8.26. The summed E-state index contributed by atoms with van der Waals surface area (Å²) in [6.07, 6.45) is 0.530. The van der Waals surface area contributed by atoms with E-state index >= 15 is 0 Å². The van der Waals surface area contributed by atoms with E-state index in [1.165, 1.54) is 0 Å². The molecule has 0 atom stereocenters. The zero-order valence-electron chi connectivity index (χ0n) is 10.3. The van der Waals surface area contributed by atoms with E-state index in [0.717, 1.165) is 5.75 Å². The molecule has 0 aliphatic heterocycles. The molecule has 1 aromatic rings. The van der Waals surface area contributed by atoms with Crippen LogP contribution in [0.25, 0.3) is 0 Å². The van der Waals surface area contributed by atoms with Gasteiger partial charge in [0.15, 0.2) is 6.29 Å². The predicted molar refractivity (Wildman–Crippen MR) is 68.6 cm³/mol. The summed E-state index contributed by atoms with van der Waals surface area (Å²) in [6, 6.07) is 7.30. The molecule has 0 bridgehead atoms. The van der Waals surface area contributed by atoms with Gasteiger partial charge in [0.25, 0.3) is 0 Å². The van der Waals surface area contributed by atoms with E-state index in [-0.39, 0.29) is 6.29 Å². The van der Waals surface area contributed by atoms with E-state index in [9.17, 15) is 0 Å². The van der Waals surface area contributed by atoms with Gasteiger partial charge in [-0.3, -0.25) is 0 Å². The third-order valence-corrected chi connectivity index (χ3v) is 2.39. The van der Waals surface area contributed by atoms with Crippen LogP contribution in [0.4, 0.5) is 0 Å². The zero-order valence-corrected chi connectivity index (χ0v) is 11.1. The molecule has 96 valence electrons. The molecule has 4 heteroatoms. The number of benzene rings is 1. The maximum Gasteiger partial charge on any atom is 0.160 e. The maximum atomic E-state index is 5.78. The van der Waals surface area contributed by atoms with Crippen molar-refractivity contribution >= 4 is 11.6 Å². The molecular formula is C13H19ClO3. The Morgan fingerprint density at radius 3 is 2.18 bits per heavy atom. The molecule has 0 N–H and O–H groups in total. The lowest BCUT2D eigenvalue weighted by Crippen LogP contribution is -2.20. The predicted octanol–water partition coefficient (Wildman–Crippen LogP) is 3.51. The minimum absolute atomic E-state index is 0.183. The van der Waals surface area contributed by atoms with Crippen LogP contribution in [-0.4, -0.2) is 26.1 Å². The quantitative estimate of drug-likeness (QED) is 0.668. The highest BCUT2D eigenvalue weighted by molar-refractivity contribution is 6.30. The fraction of sp³-hybridized carbons (Fsp3) is 0.538. The van der Waals surface area contributed by atoms with Crippen molar-refractivity contribution < 1.29 is 14.2 Å². The fourth-order valence-corrected chi connectivity index (χ4v) is 1.52. The van der Waals surface area contributed by atoms with Crippen molar-refractivity contribution in [2.24, 2.45) is 0 Å². The van der Waals surface area contributed by atoms with Crippen LogP contribution in [0.15, 0.2) is 24.3 Å². The summed E-state index contributed by atoms with van der Waals surface area (Å²) in [7, 11) is 0. The highest BCUT2D eigenvalue weighted by atomic mass is 35.5. The van der Waals surface area contributed by atoms with Crippen LogP contribution in [0.3, 0.4) is 0 Å². The van der Waals surface area contributed by atoms with Gasteiger partial charge >= 0.3 is 0 Å². The third kappa shape index (κ3) is 5.91. The van der Waals surface area contributed by atoms with Gasteiger partial charge in [-0.05, 0) is 38.1 Å². The van der Waals surface area contributed by atoms with Gasteiger partial charge < -0.3 is 14.2 Å². The largest absolute Gasteiger partial charge is 0.493 e. The minimum Gasteiger partial charge on any atom is -0.493 e. The molecule has 1 aromatic carbocycles. The second kappa shape index (κ2) is 8.34. The highest BCUT2D eigenvalue weighted by Gasteiger charge is 2.07. The standard InChI is InChI=1S/C13H19ClO3/c1-3-15-13(16-4-2)9-10-17-12-7-5-11(14)6-8-12/h5-8,13H,3-4,9-10H2,1-2H3. The number of ether oxygens (including phenoxy) is 3. The second-order valence-corrected chi connectivity index (χ2v) is 3.87. The Hall–Kier alpha value is -0.770. The van der Waals surface area contributed by atoms with Crippen molar-refractivity contribution in [3.63, 3.8) is 0 Å². The van der Waals surface area contributed by atoms with Gasteiger partial charge in [-0.1, -0.05) is 11.6 Å². The molecule has 0 amide bonds. The van der Waals surface area contributed by atoms with E-state index in [2.05, 4.69) is 0 Å². The Labute approximate surface area is 108 Å². The molecule has 0 saturated heterocycles. The summed E-state index contributed by atoms with van der Waals surface area (Å²) in [5.41, 5.74) is 0. The summed E-state index contributed by atoms with van der Waals surface area (Å²) >= 11 is 5.78. The SMILES string of the molecule is CCOC(CCOc1ccc(Cl)cc1)OCC. The van der Waals surface area contributed by atoms with Crippen molar-refractivity contribution in [3.8, 4) is 5.75 Å². The third-order valence-electron chi connectivity index (χ3n) is 2.14. The van der Waals surface area contributed by atoms with E-state index in [0.29, 0.717) is 31.3 Å². The molecular weight excluding hydrogens is 240 g/mol. The molecule has 0 fully saturated rings. The average Bonchev–Trinajstić information content (AvgIpc) is 2.32. The first kappa shape index (κ1) is 14.3. The van der Waals surface area contributed by atoms with Crippen molar-refractivity contribution in [2.75, 3.05) is 19.8 Å². The van der Waals surface area contributed by atoms with Crippen molar-refractivity contribution in [2.45, 2.75) is 26.6 Å². The summed E-state index contributed by atoms with van der Waals surface area (Å²) in [4.78, 5) is 0. The first-order valence-corrected chi connectivity index (χ1v) is 6.25. The lowest BCUT2D eigenvalue weighted by Gasteiger charge is -2.16. The van der Waals surface area contributed by atoms with Crippen LogP contribution in [0.5, 0.6) is 5.75 Å². The molecule has 17 heavy (non-hydrogen) atoms. The van der Waals surface area contributed by atoms with Crippen LogP contribution >= 0.6 is 11.6 Å². The molecule has 1 rings (SSSR count). The number of hydrogen-bond acceptors (Lipinski definition) is 3. The smallest absolute Gasteiger partial charge is 0.160 e. The van der Waals surface area contributed by atoms with Gasteiger partial charge in [-0.2, -0.15) is 0 Å². The molecule has 3 nitrogen and oxygen atoms in total. The lowest BCUT2D eigenvalue weighted by molar-refractivity contribution is -0.142. The van der Waals surface area contributed by atoms with Crippen LogP contribution in [-0.2, 0) is 9.47 Å². The molecule has 0 aromatic heterocycles. The number of rotatable bonds is 8. The summed E-state index contributed by atoms with van der Waals surface area (Å²) in [6.45, 7) is 5.75. The molecule has 0 radical (unpaired) electrons. The van der Waals surface area contributed by atoms with Crippen LogP contribution in [0.1, 0.15) is 20.3 Å². The topological polar surface area (TPSA) is 27.7 Å². The Morgan fingerprint density at radius 1 is 1.06 bits per heavy atom. The molecule has 0 spiro atoms. The number of hydrogen-bond donors (Lipinski definition) is 0. The van der Waals surface area contributed by atoms with E-state index in [1.54, 1.807) is 12.1 Å². The highest BCUT2D eigenvalue weighted by Crippen LogP contribution is 2.16. The second-order valence-electron chi connectivity index (χ2n) is 3.43. The van der Waals surface area contributed by atoms with Gasteiger partial charge in [-0.25, -0.2) is 0 Å². The van der Waals surface area contributed by atoms with E-state index in [1.807, 2.05) is 26.0 Å². The van der Waals surface area contributed by atoms with Crippen molar-refractivity contribution in [3.05, 3.63) is 29.3 Å². The summed E-state index contributed by atoms with van der Waals surface area (Å²) < 4.78 is 16.4. The van der Waals surface area contributed by atoms with Gasteiger partial charge in [0.2, 0.25) is 0 Å². The molecule has 0 aliphatic rings. The summed E-state index contributed by atoms with van der Waals surface area (Å²) in [5.74, 6) is 0.807. The van der Waals surface area contributed by atoms with Crippen molar-refractivity contribution in [1.82, 2.24) is 0 Å². The van der Waals surface area contributed by atoms with Gasteiger partial charge in [-0.15, -0.1) is 0 Å². The first-order valence-electron chi connectivity index (χ1n) is 5.87. The fourth-order valence-electron chi connectivity index (χ4n) is 1.39. The monoisotopic (exact) mass is 258 g/mol. The Morgan fingerprint density at radius 2 is 1.65 bits per heavy atom. The molecule has 0 heterocycles. The normalized spacial score (nSPS) is 10.8. The van der Waals surface area contributed by atoms with Crippen molar-refractivity contribution in [1.29, 1.82) is 0 Å². The van der Waals surface area contributed by atoms with Gasteiger partial charge in [0.05, 0.1) is 6.61 Å². The van der Waals surface area contributed by atoms with Crippen LogP contribution in [0.2, 0.25) is 5.02 Å². The Kier molecular flexibility index (Phi) is 7.01. The maximum absolute atomic E-state index is 5.78. The minimum atomic E-state index is -0.183. The van der Waals surface area contributed by atoms with E-state index < -0.39 is 0 Å². The Bertz CT molecular complexity index is 294. The van der Waals surface area contributed by atoms with Gasteiger partial charge in [0.1, 0.15) is 5.75 Å². The number of halogens is 1.